The Bertz CT molecular complexity index is 895. The zero-order valence-electron chi connectivity index (χ0n) is 14.8. The molecule has 0 spiro atoms. The molecule has 1 atom stereocenters. The number of rotatable bonds is 7. The van der Waals surface area contributed by atoms with Crippen molar-refractivity contribution < 1.29 is 14.3 Å². The summed E-state index contributed by atoms with van der Waals surface area (Å²) in [6, 6.07) is 17.4. The summed E-state index contributed by atoms with van der Waals surface area (Å²) in [6.45, 7) is 1.66. The highest BCUT2D eigenvalue weighted by molar-refractivity contribution is 5.95. The Labute approximate surface area is 157 Å². The first-order valence-electron chi connectivity index (χ1n) is 8.49. The largest absolute Gasteiger partial charge is 0.484 e. The molecule has 7 heteroatoms. The molecular weight excluding hydrogens is 344 g/mol. The molecule has 2 aromatic carbocycles. The first-order valence-corrected chi connectivity index (χ1v) is 8.49. The molecule has 0 aliphatic carbocycles. The summed E-state index contributed by atoms with van der Waals surface area (Å²) in [4.78, 5) is 24.4. The average Bonchev–Trinajstić information content (AvgIpc) is 3.21. The van der Waals surface area contributed by atoms with E-state index in [0.717, 1.165) is 0 Å². The van der Waals surface area contributed by atoms with Gasteiger partial charge < -0.3 is 15.4 Å². The number of amides is 2. The van der Waals surface area contributed by atoms with Gasteiger partial charge in [-0.15, -0.1) is 0 Å². The Morgan fingerprint density at radius 3 is 2.48 bits per heavy atom. The Morgan fingerprint density at radius 2 is 1.78 bits per heavy atom. The normalized spacial score (nSPS) is 11.4. The van der Waals surface area contributed by atoms with Crippen molar-refractivity contribution in [3.63, 3.8) is 0 Å². The van der Waals surface area contributed by atoms with Crippen LogP contribution in [0.1, 0.15) is 13.0 Å². The average molecular weight is 364 g/mol. The number of nitrogens with zero attached hydrogens (tertiary/aromatic N) is 2. The number of carbonyl (C=O) groups excluding carboxylic acids is 2. The fourth-order valence-corrected chi connectivity index (χ4v) is 2.41. The molecule has 3 rings (SSSR count). The summed E-state index contributed by atoms with van der Waals surface area (Å²) in [5, 5.41) is 9.64. The van der Waals surface area contributed by atoms with Gasteiger partial charge in [-0.2, -0.15) is 5.10 Å². The van der Waals surface area contributed by atoms with Crippen LogP contribution in [0.25, 0.3) is 0 Å². The molecule has 0 saturated carbocycles. The van der Waals surface area contributed by atoms with Crippen LogP contribution in [0.2, 0.25) is 0 Å². The number of benzene rings is 2. The van der Waals surface area contributed by atoms with Crippen LogP contribution in [-0.2, 0) is 9.59 Å². The molecule has 0 radical (unpaired) electrons. The Balaban J connectivity index is 1.55. The molecule has 1 aromatic heterocycles. The molecule has 0 bridgehead atoms. The Kier molecular flexibility index (Phi) is 5.84. The van der Waals surface area contributed by atoms with Crippen LogP contribution in [0.4, 0.5) is 11.4 Å². The number of aromatic nitrogens is 2. The van der Waals surface area contributed by atoms with E-state index in [1.807, 2.05) is 18.2 Å². The summed E-state index contributed by atoms with van der Waals surface area (Å²) in [5.41, 5.74) is 1.15. The van der Waals surface area contributed by atoms with Gasteiger partial charge in [0, 0.05) is 23.8 Å². The number of hydrogen-bond acceptors (Lipinski definition) is 4. The number of hydrogen-bond donors (Lipinski definition) is 2. The number of nitrogens with one attached hydrogen (secondary N) is 2. The van der Waals surface area contributed by atoms with Crippen LogP contribution in [0.3, 0.4) is 0 Å². The monoisotopic (exact) mass is 364 g/mol. The van der Waals surface area contributed by atoms with E-state index in [0.29, 0.717) is 17.1 Å². The van der Waals surface area contributed by atoms with Crippen molar-refractivity contribution in [3.05, 3.63) is 73.1 Å². The zero-order valence-corrected chi connectivity index (χ0v) is 14.8. The molecule has 3 aromatic rings. The fourth-order valence-electron chi connectivity index (χ4n) is 2.41. The van der Waals surface area contributed by atoms with E-state index in [-0.39, 0.29) is 18.4 Å². The highest BCUT2D eigenvalue weighted by Gasteiger charge is 2.15. The van der Waals surface area contributed by atoms with E-state index in [4.69, 9.17) is 4.74 Å². The second-order valence-electron chi connectivity index (χ2n) is 5.88. The van der Waals surface area contributed by atoms with Crippen LogP contribution in [-0.4, -0.2) is 28.2 Å². The number of para-hydroxylation sites is 1. The van der Waals surface area contributed by atoms with E-state index in [1.54, 1.807) is 66.5 Å². The minimum absolute atomic E-state index is 0.100. The maximum Gasteiger partial charge on any atom is 0.262 e. The predicted molar refractivity (Wildman–Crippen MR) is 103 cm³/mol. The van der Waals surface area contributed by atoms with Gasteiger partial charge in [-0.1, -0.05) is 24.3 Å². The van der Waals surface area contributed by atoms with Crippen molar-refractivity contribution in [2.75, 3.05) is 17.2 Å². The van der Waals surface area contributed by atoms with Crippen molar-refractivity contribution >= 4 is 23.2 Å². The topological polar surface area (TPSA) is 85.3 Å². The first kappa shape index (κ1) is 18.2. The Hall–Kier alpha value is -3.61. The molecule has 0 saturated heterocycles. The van der Waals surface area contributed by atoms with Crippen molar-refractivity contribution in [2.24, 2.45) is 0 Å². The van der Waals surface area contributed by atoms with Crippen molar-refractivity contribution in [2.45, 2.75) is 13.0 Å². The first-order chi connectivity index (χ1) is 13.1. The molecule has 0 aliphatic rings. The van der Waals surface area contributed by atoms with E-state index < -0.39 is 6.04 Å². The van der Waals surface area contributed by atoms with Crippen molar-refractivity contribution in [1.82, 2.24) is 9.78 Å². The quantitative estimate of drug-likeness (QED) is 0.675. The minimum Gasteiger partial charge on any atom is -0.484 e. The lowest BCUT2D eigenvalue weighted by molar-refractivity contribution is -0.119. The summed E-state index contributed by atoms with van der Waals surface area (Å²) in [7, 11) is 0. The van der Waals surface area contributed by atoms with Gasteiger partial charge in [0.05, 0.1) is 0 Å². The number of carbonyl (C=O) groups is 2. The van der Waals surface area contributed by atoms with Crippen molar-refractivity contribution in [1.29, 1.82) is 0 Å². The third kappa shape index (κ3) is 5.18. The summed E-state index contributed by atoms with van der Waals surface area (Å²) < 4.78 is 6.99. The smallest absolute Gasteiger partial charge is 0.262 e. The highest BCUT2D eigenvalue weighted by atomic mass is 16.5. The lowest BCUT2D eigenvalue weighted by atomic mass is 10.2. The minimum atomic E-state index is -0.447. The fraction of sp³-hybridized carbons (Fsp3) is 0.150. The van der Waals surface area contributed by atoms with Gasteiger partial charge in [-0.25, -0.2) is 0 Å². The molecule has 0 unspecified atom stereocenters. The van der Waals surface area contributed by atoms with Crippen LogP contribution in [0.5, 0.6) is 5.75 Å². The van der Waals surface area contributed by atoms with Crippen LogP contribution < -0.4 is 15.4 Å². The molecule has 138 valence electrons. The second-order valence-corrected chi connectivity index (χ2v) is 5.88. The third-order valence-electron chi connectivity index (χ3n) is 3.83. The summed E-state index contributed by atoms with van der Waals surface area (Å²) in [5.74, 6) is 0.142. The number of anilines is 2. The predicted octanol–water partition coefficient (Wildman–Crippen LogP) is 3.10. The molecule has 7 nitrogen and oxygen atoms in total. The molecule has 2 N–H and O–H groups in total. The van der Waals surface area contributed by atoms with Crippen LogP contribution >= 0.6 is 0 Å². The third-order valence-corrected chi connectivity index (χ3v) is 3.83. The van der Waals surface area contributed by atoms with Gasteiger partial charge in [-0.3, -0.25) is 14.3 Å². The summed E-state index contributed by atoms with van der Waals surface area (Å²) >= 11 is 0. The molecule has 27 heavy (non-hydrogen) atoms. The highest BCUT2D eigenvalue weighted by Crippen LogP contribution is 2.17. The van der Waals surface area contributed by atoms with Gasteiger partial charge in [0.25, 0.3) is 5.91 Å². The maximum atomic E-state index is 12.3. The molecule has 0 aliphatic heterocycles. The van der Waals surface area contributed by atoms with Crippen LogP contribution in [0, 0.1) is 0 Å². The maximum absolute atomic E-state index is 12.3. The van der Waals surface area contributed by atoms with E-state index in [1.165, 1.54) is 0 Å². The molecule has 1 heterocycles. The van der Waals surface area contributed by atoms with Gasteiger partial charge in [0.2, 0.25) is 5.91 Å². The van der Waals surface area contributed by atoms with Crippen LogP contribution in [0.15, 0.2) is 73.1 Å². The number of ether oxygens (including phenoxy) is 1. The molecule has 2 amide bonds. The van der Waals surface area contributed by atoms with E-state index in [9.17, 15) is 9.59 Å². The van der Waals surface area contributed by atoms with Gasteiger partial charge >= 0.3 is 0 Å². The second kappa shape index (κ2) is 8.66. The standard InChI is InChI=1S/C20H20N4O3/c1-15(24-12-6-11-21-24)20(26)23-17-8-5-7-16(13-17)22-19(25)14-27-18-9-3-2-4-10-18/h2-13,15H,14H2,1H3,(H,22,25)(H,23,26)/t15-/m0/s1. The van der Waals surface area contributed by atoms with E-state index >= 15 is 0 Å². The lowest BCUT2D eigenvalue weighted by Crippen LogP contribution is -2.24. The molecular formula is C20H20N4O3. The zero-order chi connectivity index (χ0) is 19.1. The van der Waals surface area contributed by atoms with E-state index in [2.05, 4.69) is 15.7 Å². The molecule has 0 fully saturated rings. The van der Waals surface area contributed by atoms with Crippen molar-refractivity contribution in [3.8, 4) is 5.75 Å². The van der Waals surface area contributed by atoms with Gasteiger partial charge in [0.15, 0.2) is 6.61 Å². The van der Waals surface area contributed by atoms with Gasteiger partial charge in [0.1, 0.15) is 11.8 Å². The SMILES string of the molecule is C[C@@H](C(=O)Nc1cccc(NC(=O)COc2ccccc2)c1)n1cccn1. The Morgan fingerprint density at radius 1 is 1.04 bits per heavy atom. The lowest BCUT2D eigenvalue weighted by Gasteiger charge is -2.13. The van der Waals surface area contributed by atoms with Gasteiger partial charge in [-0.05, 0) is 43.3 Å². The summed E-state index contributed by atoms with van der Waals surface area (Å²) in [6.07, 6.45) is 3.35.